The van der Waals surface area contributed by atoms with Gasteiger partial charge in [-0.25, -0.2) is 0 Å². The first-order chi connectivity index (χ1) is 14.7. The molecule has 4 rings (SSSR count). The summed E-state index contributed by atoms with van der Waals surface area (Å²) in [5.74, 6) is 5.61. The summed E-state index contributed by atoms with van der Waals surface area (Å²) in [4.78, 5) is 12.0. The zero-order valence-electron chi connectivity index (χ0n) is 21.0. The van der Waals surface area contributed by atoms with Gasteiger partial charge < -0.3 is 5.11 Å². The summed E-state index contributed by atoms with van der Waals surface area (Å²) < 4.78 is 0. The van der Waals surface area contributed by atoms with Crippen LogP contribution < -0.4 is 0 Å². The van der Waals surface area contributed by atoms with Crippen LogP contribution in [0.4, 0.5) is 0 Å². The largest absolute Gasteiger partial charge is 0.390 e. The maximum atomic E-state index is 12.0. The van der Waals surface area contributed by atoms with Gasteiger partial charge in [0.15, 0.2) is 0 Å². The lowest BCUT2D eigenvalue weighted by atomic mass is 9.50. The van der Waals surface area contributed by atoms with Crippen LogP contribution in [0.2, 0.25) is 0 Å². The molecule has 0 aromatic rings. The van der Waals surface area contributed by atoms with Gasteiger partial charge in [-0.05, 0) is 105 Å². The van der Waals surface area contributed by atoms with Crippen molar-refractivity contribution >= 4 is 5.78 Å². The van der Waals surface area contributed by atoms with Gasteiger partial charge in [0.25, 0.3) is 0 Å². The van der Waals surface area contributed by atoms with Crippen LogP contribution in [0.3, 0.4) is 0 Å². The quantitative estimate of drug-likeness (QED) is 0.430. The maximum absolute atomic E-state index is 12.0. The number of fused-ring (bicyclic) bond motifs is 5. The summed E-state index contributed by atoms with van der Waals surface area (Å²) in [7, 11) is 0. The lowest BCUT2D eigenvalue weighted by Crippen LogP contribution is -2.48. The van der Waals surface area contributed by atoms with Gasteiger partial charge in [0.1, 0.15) is 5.78 Å². The van der Waals surface area contributed by atoms with Crippen LogP contribution in [-0.4, -0.2) is 16.5 Å². The smallest absolute Gasteiger partial charge is 0.135 e. The molecule has 0 amide bonds. The number of hydrogen-bond donors (Lipinski definition) is 1. The lowest BCUT2D eigenvalue weighted by molar-refractivity contribution is -0.122. The van der Waals surface area contributed by atoms with Crippen LogP contribution in [0, 0.1) is 46.8 Å². The van der Waals surface area contributed by atoms with Gasteiger partial charge in [0.05, 0.1) is 5.60 Å². The van der Waals surface area contributed by atoms with Gasteiger partial charge in [-0.1, -0.05) is 52.7 Å². The van der Waals surface area contributed by atoms with E-state index in [1.54, 1.807) is 5.57 Å². The number of aliphatic hydroxyl groups is 1. The Morgan fingerprint density at radius 1 is 1.13 bits per heavy atom. The number of allylic oxidation sites excluding steroid dienone is 1. The van der Waals surface area contributed by atoms with Crippen molar-refractivity contribution in [3.05, 3.63) is 11.6 Å². The minimum atomic E-state index is -0.427. The van der Waals surface area contributed by atoms with Crippen LogP contribution in [-0.2, 0) is 4.79 Å². The number of carbonyl (C=O) groups is 1. The SMILES string of the molecule is CC[C@]1(O)CCC2C(=CC[C@@H]3[C@@H]2CC[C@]2(C)[C@@H]([C@H](C)CCCC(=O)C(C)C)CC[C@@H]32)C1. The Hall–Kier alpha value is -0.630. The van der Waals surface area contributed by atoms with E-state index in [1.165, 1.54) is 44.9 Å². The Morgan fingerprint density at radius 3 is 2.61 bits per heavy atom. The van der Waals surface area contributed by atoms with E-state index in [0.29, 0.717) is 11.2 Å². The molecule has 8 atom stereocenters. The molecule has 0 bridgehead atoms. The highest BCUT2D eigenvalue weighted by Crippen LogP contribution is 2.65. The number of ketones is 1. The van der Waals surface area contributed by atoms with Crippen molar-refractivity contribution in [2.75, 3.05) is 0 Å². The Balaban J connectivity index is 1.41. The van der Waals surface area contributed by atoms with Crippen molar-refractivity contribution in [1.29, 1.82) is 0 Å². The first-order valence-corrected chi connectivity index (χ1v) is 13.6. The molecular weight excluding hydrogens is 380 g/mol. The first-order valence-electron chi connectivity index (χ1n) is 13.6. The van der Waals surface area contributed by atoms with Crippen molar-refractivity contribution in [2.24, 2.45) is 46.8 Å². The fourth-order valence-electron chi connectivity index (χ4n) is 8.73. The van der Waals surface area contributed by atoms with E-state index in [0.717, 1.165) is 67.6 Å². The molecule has 1 N–H and O–H groups in total. The Bertz CT molecular complexity index is 693. The Kier molecular flexibility index (Phi) is 6.80. The van der Waals surface area contributed by atoms with Crippen LogP contribution in [0.1, 0.15) is 112 Å². The third-order valence-corrected chi connectivity index (χ3v) is 10.7. The molecule has 2 nitrogen and oxygen atoms in total. The van der Waals surface area contributed by atoms with Crippen molar-refractivity contribution in [1.82, 2.24) is 0 Å². The Labute approximate surface area is 191 Å². The molecule has 3 saturated carbocycles. The summed E-state index contributed by atoms with van der Waals surface area (Å²) >= 11 is 0. The van der Waals surface area contributed by atoms with E-state index in [2.05, 4.69) is 26.8 Å². The molecule has 0 saturated heterocycles. The topological polar surface area (TPSA) is 37.3 Å². The monoisotopic (exact) mass is 428 g/mol. The van der Waals surface area contributed by atoms with Crippen LogP contribution in [0.15, 0.2) is 11.6 Å². The second-order valence-corrected chi connectivity index (χ2v) is 12.6. The molecule has 0 aromatic carbocycles. The minimum absolute atomic E-state index is 0.191. The summed E-state index contributed by atoms with van der Waals surface area (Å²) in [5.41, 5.74) is 1.69. The molecular formula is C29H48O2. The van der Waals surface area contributed by atoms with E-state index in [9.17, 15) is 9.90 Å². The molecule has 0 aromatic heterocycles. The molecule has 31 heavy (non-hydrogen) atoms. The fraction of sp³-hybridized carbons (Fsp3) is 0.897. The van der Waals surface area contributed by atoms with Gasteiger partial charge >= 0.3 is 0 Å². The average Bonchev–Trinajstić information content (AvgIpc) is 3.10. The zero-order chi connectivity index (χ0) is 22.4. The zero-order valence-corrected chi connectivity index (χ0v) is 21.0. The van der Waals surface area contributed by atoms with Crippen LogP contribution in [0.25, 0.3) is 0 Å². The maximum Gasteiger partial charge on any atom is 0.135 e. The predicted octanol–water partition coefficient (Wildman–Crippen LogP) is 7.35. The van der Waals surface area contributed by atoms with E-state index < -0.39 is 5.60 Å². The number of rotatable bonds is 7. The summed E-state index contributed by atoms with van der Waals surface area (Å²) in [6, 6.07) is 0. The van der Waals surface area contributed by atoms with Crippen LogP contribution in [0.5, 0.6) is 0 Å². The molecule has 0 aliphatic heterocycles. The highest BCUT2D eigenvalue weighted by molar-refractivity contribution is 5.80. The van der Waals surface area contributed by atoms with Crippen molar-refractivity contribution in [3.8, 4) is 0 Å². The van der Waals surface area contributed by atoms with Gasteiger partial charge in [0, 0.05) is 12.3 Å². The third-order valence-electron chi connectivity index (χ3n) is 10.7. The average molecular weight is 429 g/mol. The lowest BCUT2D eigenvalue weighted by Gasteiger charge is -2.55. The first kappa shape index (κ1) is 23.5. The van der Waals surface area contributed by atoms with E-state index in [-0.39, 0.29) is 5.92 Å². The molecule has 0 spiro atoms. The molecule has 3 fully saturated rings. The molecule has 1 unspecified atom stereocenters. The highest BCUT2D eigenvalue weighted by atomic mass is 16.3. The normalized spacial score (nSPS) is 43.1. The van der Waals surface area contributed by atoms with Gasteiger partial charge in [-0.3, -0.25) is 4.79 Å². The number of hydrogen-bond acceptors (Lipinski definition) is 2. The van der Waals surface area contributed by atoms with Crippen molar-refractivity contribution in [3.63, 3.8) is 0 Å². The molecule has 0 heterocycles. The summed E-state index contributed by atoms with van der Waals surface area (Å²) in [5, 5.41) is 10.9. The Morgan fingerprint density at radius 2 is 1.90 bits per heavy atom. The predicted molar refractivity (Wildman–Crippen MR) is 129 cm³/mol. The van der Waals surface area contributed by atoms with Gasteiger partial charge in [-0.2, -0.15) is 0 Å². The fourth-order valence-corrected chi connectivity index (χ4v) is 8.73. The highest BCUT2D eigenvalue weighted by Gasteiger charge is 2.57. The second-order valence-electron chi connectivity index (χ2n) is 12.6. The summed E-state index contributed by atoms with van der Waals surface area (Å²) in [6.45, 7) is 11.3. The molecule has 2 heteroatoms. The number of Topliss-reactive ketones (excluding diaryl/α,β-unsaturated/α-hetero) is 1. The number of carbonyl (C=O) groups excluding carboxylic acids is 1. The molecule has 0 radical (unpaired) electrons. The molecule has 4 aliphatic carbocycles. The van der Waals surface area contributed by atoms with E-state index in [4.69, 9.17) is 0 Å². The van der Waals surface area contributed by atoms with Gasteiger partial charge in [-0.15, -0.1) is 0 Å². The standard InChI is InChI=1S/C29H48O2/c1-6-29(31)17-15-22-21(18-29)10-11-24-23(22)14-16-28(5)25(12-13-26(24)28)20(4)8-7-9-27(30)19(2)3/h10,19-20,22-26,31H,6-9,11-18H2,1-5H3/t20-,22?,23-,24-,25-,26+,28-,29+/m1/s1. The van der Waals surface area contributed by atoms with Crippen LogP contribution >= 0.6 is 0 Å². The molecule has 4 aliphatic rings. The van der Waals surface area contributed by atoms with E-state index >= 15 is 0 Å². The second kappa shape index (κ2) is 8.96. The van der Waals surface area contributed by atoms with Gasteiger partial charge in [0.2, 0.25) is 0 Å². The molecule has 176 valence electrons. The van der Waals surface area contributed by atoms with E-state index in [1.807, 2.05) is 13.8 Å². The minimum Gasteiger partial charge on any atom is -0.390 e. The third kappa shape index (κ3) is 4.32. The van der Waals surface area contributed by atoms with Crippen molar-refractivity contribution < 1.29 is 9.90 Å². The van der Waals surface area contributed by atoms with Crippen molar-refractivity contribution in [2.45, 2.75) is 117 Å². The summed E-state index contributed by atoms with van der Waals surface area (Å²) in [6.07, 6.45) is 16.6.